The van der Waals surface area contributed by atoms with Crippen LogP contribution in [0.4, 0.5) is 11.4 Å². The van der Waals surface area contributed by atoms with E-state index in [1.54, 1.807) is 63.2 Å². The van der Waals surface area contributed by atoms with Gasteiger partial charge >= 0.3 is 0 Å². The third kappa shape index (κ3) is 7.55. The predicted octanol–water partition coefficient (Wildman–Crippen LogP) is 4.39. The zero-order chi connectivity index (χ0) is 28.7. The van der Waals surface area contributed by atoms with Gasteiger partial charge in [0.1, 0.15) is 12.6 Å². The Bertz CT molecular complexity index is 1410. The molecule has 3 aromatic carbocycles. The van der Waals surface area contributed by atoms with E-state index in [0.29, 0.717) is 10.6 Å². The van der Waals surface area contributed by atoms with Crippen LogP contribution in [-0.4, -0.2) is 48.7 Å². The first-order valence-corrected chi connectivity index (χ1v) is 13.9. The van der Waals surface area contributed by atoms with E-state index in [4.69, 9.17) is 11.6 Å². The molecule has 3 rings (SSSR count). The van der Waals surface area contributed by atoms with E-state index in [1.165, 1.54) is 29.2 Å². The Morgan fingerprint density at radius 1 is 0.949 bits per heavy atom. The summed E-state index contributed by atoms with van der Waals surface area (Å²) in [5.41, 5.74) is 0.513. The minimum Gasteiger partial charge on any atom is -0.352 e. The van der Waals surface area contributed by atoms with Gasteiger partial charge in [-0.15, -0.1) is 0 Å². The smallest absolute Gasteiger partial charge is 0.269 e. The Morgan fingerprint density at radius 2 is 1.54 bits per heavy atom. The van der Waals surface area contributed by atoms with Crippen LogP contribution in [0.5, 0.6) is 0 Å². The number of halogens is 1. The van der Waals surface area contributed by atoms with Crippen LogP contribution < -0.4 is 9.62 Å². The highest BCUT2D eigenvalue weighted by molar-refractivity contribution is 7.92. The van der Waals surface area contributed by atoms with Crippen LogP contribution in [0.15, 0.2) is 83.8 Å². The van der Waals surface area contributed by atoms with Crippen LogP contribution >= 0.6 is 11.6 Å². The zero-order valence-electron chi connectivity index (χ0n) is 21.7. The second kappa shape index (κ2) is 12.7. The fourth-order valence-corrected chi connectivity index (χ4v) is 5.32. The molecule has 0 spiro atoms. The molecule has 0 saturated carbocycles. The van der Waals surface area contributed by atoms with E-state index >= 15 is 0 Å². The lowest BCUT2D eigenvalue weighted by atomic mass is 10.1. The Kier molecular flexibility index (Phi) is 9.66. The van der Waals surface area contributed by atoms with Crippen LogP contribution in [0.1, 0.15) is 26.3 Å². The van der Waals surface area contributed by atoms with Gasteiger partial charge in [-0.25, -0.2) is 8.42 Å². The SMILES string of the molecule is CC(C)NC(=O)[C@H](C)N(Cc1ccc(Cl)cc1)C(=O)CN(c1ccc([N+](=O)[O-])cc1)S(=O)(=O)c1ccccc1. The summed E-state index contributed by atoms with van der Waals surface area (Å²) in [6.45, 7) is 4.51. The van der Waals surface area contributed by atoms with Crippen LogP contribution in [0.25, 0.3) is 0 Å². The fourth-order valence-electron chi connectivity index (χ4n) is 3.76. The molecule has 1 N–H and O–H groups in total. The molecular weight excluding hydrogens is 544 g/mol. The molecule has 12 heteroatoms. The standard InChI is InChI=1S/C27H29ClN4O6S/c1-19(2)29-27(34)20(3)30(17-21-9-11-22(28)12-10-21)26(33)18-31(23-13-15-24(16-14-23)32(35)36)39(37,38)25-7-5-4-6-8-25/h4-16,19-20H,17-18H2,1-3H3,(H,29,34)/t20-/m0/s1. The van der Waals surface area contributed by atoms with Crippen LogP contribution in [0, 0.1) is 10.1 Å². The van der Waals surface area contributed by atoms with Gasteiger partial charge in [0.2, 0.25) is 11.8 Å². The molecule has 0 aliphatic carbocycles. The average Bonchev–Trinajstić information content (AvgIpc) is 2.91. The number of benzene rings is 3. The van der Waals surface area contributed by atoms with Crippen molar-refractivity contribution in [1.82, 2.24) is 10.2 Å². The topological polar surface area (TPSA) is 130 Å². The van der Waals surface area contributed by atoms with Gasteiger partial charge in [-0.3, -0.25) is 24.0 Å². The summed E-state index contributed by atoms with van der Waals surface area (Å²) in [7, 11) is -4.26. The van der Waals surface area contributed by atoms with E-state index in [2.05, 4.69) is 5.32 Å². The number of non-ortho nitro benzene ring substituents is 1. The van der Waals surface area contributed by atoms with Gasteiger partial charge in [0.15, 0.2) is 0 Å². The van der Waals surface area contributed by atoms with E-state index in [9.17, 15) is 28.1 Å². The Labute approximate surface area is 232 Å². The molecule has 2 amide bonds. The van der Waals surface area contributed by atoms with Crippen molar-refractivity contribution in [1.29, 1.82) is 0 Å². The van der Waals surface area contributed by atoms with Crippen molar-refractivity contribution in [2.24, 2.45) is 0 Å². The summed E-state index contributed by atoms with van der Waals surface area (Å²) in [5, 5.41) is 14.4. The number of carbonyl (C=O) groups is 2. The quantitative estimate of drug-likeness (QED) is 0.268. The summed E-state index contributed by atoms with van der Waals surface area (Å²) in [6, 6.07) is 18.0. The number of nitro benzene ring substituents is 1. The lowest BCUT2D eigenvalue weighted by Crippen LogP contribution is -2.52. The second-order valence-corrected chi connectivity index (χ2v) is 11.4. The summed E-state index contributed by atoms with van der Waals surface area (Å²) >= 11 is 6.00. The lowest BCUT2D eigenvalue weighted by Gasteiger charge is -2.32. The van der Waals surface area contributed by atoms with Gasteiger partial charge in [-0.05, 0) is 62.7 Å². The molecule has 3 aromatic rings. The first-order valence-electron chi connectivity index (χ1n) is 12.1. The summed E-state index contributed by atoms with van der Waals surface area (Å²) in [5.74, 6) is -1.05. The van der Waals surface area contributed by atoms with Gasteiger partial charge in [-0.2, -0.15) is 0 Å². The highest BCUT2D eigenvalue weighted by Gasteiger charge is 2.32. The van der Waals surface area contributed by atoms with Crippen molar-refractivity contribution in [3.05, 3.63) is 99.6 Å². The number of anilines is 1. The molecule has 39 heavy (non-hydrogen) atoms. The van der Waals surface area contributed by atoms with Crippen molar-refractivity contribution >= 4 is 44.8 Å². The maximum Gasteiger partial charge on any atom is 0.269 e. The third-order valence-electron chi connectivity index (χ3n) is 5.82. The highest BCUT2D eigenvalue weighted by Crippen LogP contribution is 2.26. The number of carbonyl (C=O) groups excluding carboxylic acids is 2. The predicted molar refractivity (Wildman–Crippen MR) is 149 cm³/mol. The maximum atomic E-state index is 13.8. The van der Waals surface area contributed by atoms with Crippen molar-refractivity contribution in [2.45, 2.75) is 44.3 Å². The van der Waals surface area contributed by atoms with Crippen molar-refractivity contribution in [2.75, 3.05) is 10.8 Å². The van der Waals surface area contributed by atoms with Gasteiger partial charge in [0, 0.05) is 29.7 Å². The normalized spacial score (nSPS) is 12.0. The average molecular weight is 573 g/mol. The Hall–Kier alpha value is -3.96. The van der Waals surface area contributed by atoms with Crippen molar-refractivity contribution in [3.8, 4) is 0 Å². The van der Waals surface area contributed by atoms with E-state index in [-0.39, 0.29) is 28.9 Å². The highest BCUT2D eigenvalue weighted by atomic mass is 35.5. The summed E-state index contributed by atoms with van der Waals surface area (Å²) in [4.78, 5) is 38.5. The molecule has 0 radical (unpaired) electrons. The van der Waals surface area contributed by atoms with Crippen LogP contribution in [-0.2, 0) is 26.2 Å². The molecule has 0 unspecified atom stereocenters. The number of rotatable bonds is 11. The molecule has 0 bridgehead atoms. The van der Waals surface area contributed by atoms with Crippen molar-refractivity contribution < 1.29 is 22.9 Å². The van der Waals surface area contributed by atoms with Crippen LogP contribution in [0.2, 0.25) is 5.02 Å². The van der Waals surface area contributed by atoms with Gasteiger partial charge in [0.05, 0.1) is 15.5 Å². The number of hydrogen-bond donors (Lipinski definition) is 1. The molecule has 10 nitrogen and oxygen atoms in total. The van der Waals surface area contributed by atoms with Crippen molar-refractivity contribution in [3.63, 3.8) is 0 Å². The largest absolute Gasteiger partial charge is 0.352 e. The molecule has 0 aliphatic heterocycles. The molecule has 206 valence electrons. The van der Waals surface area contributed by atoms with E-state index in [0.717, 1.165) is 16.4 Å². The minimum absolute atomic E-state index is 0.0160. The number of hydrogen-bond acceptors (Lipinski definition) is 6. The first kappa shape index (κ1) is 29.6. The van der Waals surface area contributed by atoms with Crippen LogP contribution in [0.3, 0.4) is 0 Å². The molecule has 0 saturated heterocycles. The molecular formula is C27H29ClN4O6S. The summed E-state index contributed by atoms with van der Waals surface area (Å²) < 4.78 is 28.2. The Balaban J connectivity index is 2.03. The number of nitrogens with one attached hydrogen (secondary N) is 1. The molecule has 0 heterocycles. The maximum absolute atomic E-state index is 13.8. The molecule has 0 aliphatic rings. The van der Waals surface area contributed by atoms with Gasteiger partial charge in [0.25, 0.3) is 15.7 Å². The number of amides is 2. The fraction of sp³-hybridized carbons (Fsp3) is 0.259. The van der Waals surface area contributed by atoms with E-state index < -0.39 is 39.3 Å². The number of sulfonamides is 1. The number of nitrogens with zero attached hydrogens (tertiary/aromatic N) is 3. The molecule has 1 atom stereocenters. The molecule has 0 aromatic heterocycles. The third-order valence-corrected chi connectivity index (χ3v) is 7.86. The Morgan fingerprint density at radius 3 is 2.08 bits per heavy atom. The monoisotopic (exact) mass is 572 g/mol. The first-order chi connectivity index (χ1) is 18.4. The van der Waals surface area contributed by atoms with E-state index in [1.807, 2.05) is 0 Å². The number of nitro groups is 1. The lowest BCUT2D eigenvalue weighted by molar-refractivity contribution is -0.384. The second-order valence-electron chi connectivity index (χ2n) is 9.09. The van der Waals surface area contributed by atoms with Gasteiger partial charge in [-0.1, -0.05) is 41.9 Å². The van der Waals surface area contributed by atoms with Gasteiger partial charge < -0.3 is 10.2 Å². The summed E-state index contributed by atoms with van der Waals surface area (Å²) in [6.07, 6.45) is 0. The zero-order valence-corrected chi connectivity index (χ0v) is 23.2. The molecule has 0 fully saturated rings. The minimum atomic E-state index is -4.26.